The fourth-order valence-electron chi connectivity index (χ4n) is 1.58. The number of nitrogens with one attached hydrogen (secondary N) is 1. The van der Waals surface area contributed by atoms with Gasteiger partial charge in [-0.1, -0.05) is 29.8 Å². The first-order valence-electron chi connectivity index (χ1n) is 5.06. The molecular formula is C14H14N. The molecule has 0 heterocycles. The number of hydrogen-bond acceptors (Lipinski definition) is 1. The maximum atomic E-state index is 3.38. The molecule has 0 bridgehead atoms. The summed E-state index contributed by atoms with van der Waals surface area (Å²) in [6.07, 6.45) is 0. The van der Waals surface area contributed by atoms with Gasteiger partial charge in [0.2, 0.25) is 0 Å². The third-order valence-corrected chi connectivity index (χ3v) is 2.38. The molecule has 1 radical (unpaired) electrons. The third kappa shape index (κ3) is 2.38. The average molecular weight is 196 g/mol. The second-order valence-corrected chi connectivity index (χ2v) is 3.73. The summed E-state index contributed by atoms with van der Waals surface area (Å²) in [5, 5.41) is 3.38. The Kier molecular flexibility index (Phi) is 2.72. The second-order valence-electron chi connectivity index (χ2n) is 3.73. The Labute approximate surface area is 90.8 Å². The fraction of sp³-hybridized carbons (Fsp3) is 0.143. The number of rotatable bonds is 2. The van der Waals surface area contributed by atoms with Gasteiger partial charge >= 0.3 is 0 Å². The molecule has 1 nitrogen and oxygen atoms in total. The smallest absolute Gasteiger partial charge is 0.0414 e. The quantitative estimate of drug-likeness (QED) is 0.769. The number of benzene rings is 2. The van der Waals surface area contributed by atoms with Gasteiger partial charge in [-0.25, -0.2) is 0 Å². The van der Waals surface area contributed by atoms with Gasteiger partial charge in [0.1, 0.15) is 0 Å². The van der Waals surface area contributed by atoms with Crippen LogP contribution in [0.15, 0.2) is 42.5 Å². The molecule has 0 spiro atoms. The van der Waals surface area contributed by atoms with Crippen LogP contribution in [0.1, 0.15) is 11.1 Å². The average Bonchev–Trinajstić information content (AvgIpc) is 2.24. The Balaban J connectivity index is 2.25. The lowest BCUT2D eigenvalue weighted by atomic mass is 10.1. The monoisotopic (exact) mass is 196 g/mol. The molecule has 0 aliphatic heterocycles. The maximum Gasteiger partial charge on any atom is 0.0414 e. The molecule has 0 fully saturated rings. The van der Waals surface area contributed by atoms with Crippen molar-refractivity contribution in [3.63, 3.8) is 0 Å². The first-order chi connectivity index (χ1) is 7.25. The largest absolute Gasteiger partial charge is 0.355 e. The van der Waals surface area contributed by atoms with Gasteiger partial charge < -0.3 is 5.32 Å². The summed E-state index contributed by atoms with van der Waals surface area (Å²) in [4.78, 5) is 0. The molecule has 0 amide bonds. The van der Waals surface area contributed by atoms with E-state index in [1.54, 1.807) is 0 Å². The van der Waals surface area contributed by atoms with Gasteiger partial charge in [-0.3, -0.25) is 0 Å². The van der Waals surface area contributed by atoms with E-state index >= 15 is 0 Å². The Morgan fingerprint density at radius 1 is 1.00 bits per heavy atom. The lowest BCUT2D eigenvalue weighted by Crippen LogP contribution is -1.92. The molecule has 0 aromatic heterocycles. The zero-order chi connectivity index (χ0) is 10.7. The number of anilines is 2. The molecule has 0 unspecified atom stereocenters. The topological polar surface area (TPSA) is 12.0 Å². The van der Waals surface area contributed by atoms with E-state index in [0.29, 0.717) is 0 Å². The van der Waals surface area contributed by atoms with Gasteiger partial charge in [-0.05, 0) is 43.7 Å². The van der Waals surface area contributed by atoms with E-state index in [0.717, 1.165) is 11.4 Å². The molecule has 1 heteroatoms. The summed E-state index contributed by atoms with van der Waals surface area (Å²) in [7, 11) is 0. The van der Waals surface area contributed by atoms with Crippen molar-refractivity contribution in [2.75, 3.05) is 5.32 Å². The summed E-state index contributed by atoms with van der Waals surface area (Å²) in [5.74, 6) is 0. The minimum atomic E-state index is 1.10. The molecule has 75 valence electrons. The van der Waals surface area contributed by atoms with Crippen molar-refractivity contribution in [3.05, 3.63) is 59.7 Å². The fourth-order valence-corrected chi connectivity index (χ4v) is 1.58. The van der Waals surface area contributed by atoms with Crippen LogP contribution >= 0.6 is 0 Å². The van der Waals surface area contributed by atoms with Crippen LogP contribution in [0.2, 0.25) is 0 Å². The van der Waals surface area contributed by atoms with Gasteiger partial charge in [-0.2, -0.15) is 0 Å². The van der Waals surface area contributed by atoms with Crippen LogP contribution in [0.3, 0.4) is 0 Å². The molecular weight excluding hydrogens is 182 g/mol. The molecule has 2 aromatic carbocycles. The molecule has 0 aliphatic rings. The normalized spacial score (nSPS) is 10.0. The van der Waals surface area contributed by atoms with Gasteiger partial charge in [0.15, 0.2) is 0 Å². The van der Waals surface area contributed by atoms with E-state index in [4.69, 9.17) is 0 Å². The van der Waals surface area contributed by atoms with Crippen molar-refractivity contribution in [1.29, 1.82) is 0 Å². The standard InChI is InChI=1S/C14H14N/c1-11-8-9-14(12(2)10-11)15-13-6-4-3-5-7-13/h4-10,15H,1-2H3. The van der Waals surface area contributed by atoms with E-state index in [9.17, 15) is 0 Å². The lowest BCUT2D eigenvalue weighted by molar-refractivity contribution is 1.37. The molecule has 0 atom stereocenters. The predicted molar refractivity (Wildman–Crippen MR) is 64.5 cm³/mol. The van der Waals surface area contributed by atoms with Crippen molar-refractivity contribution in [2.24, 2.45) is 0 Å². The zero-order valence-corrected chi connectivity index (χ0v) is 9.04. The highest BCUT2D eigenvalue weighted by atomic mass is 14.9. The van der Waals surface area contributed by atoms with Crippen LogP contribution in [0.25, 0.3) is 0 Å². The van der Waals surface area contributed by atoms with Crippen LogP contribution in [-0.2, 0) is 0 Å². The van der Waals surface area contributed by atoms with Crippen molar-refractivity contribution < 1.29 is 0 Å². The van der Waals surface area contributed by atoms with Crippen molar-refractivity contribution in [3.8, 4) is 0 Å². The van der Waals surface area contributed by atoms with Crippen LogP contribution < -0.4 is 5.32 Å². The Morgan fingerprint density at radius 3 is 2.40 bits per heavy atom. The SMILES string of the molecule is Cc1ccc(Nc2cc[c]cc2)c(C)c1. The van der Waals surface area contributed by atoms with Gasteiger partial charge in [0.05, 0.1) is 0 Å². The van der Waals surface area contributed by atoms with Crippen LogP contribution in [0.5, 0.6) is 0 Å². The van der Waals surface area contributed by atoms with Crippen LogP contribution in [0, 0.1) is 19.9 Å². The molecule has 2 aromatic rings. The molecule has 1 N–H and O–H groups in total. The molecule has 2 rings (SSSR count). The van der Waals surface area contributed by atoms with Crippen LogP contribution in [0.4, 0.5) is 11.4 Å². The van der Waals surface area contributed by atoms with E-state index in [2.05, 4.69) is 43.4 Å². The molecule has 15 heavy (non-hydrogen) atoms. The van der Waals surface area contributed by atoms with Gasteiger partial charge in [-0.15, -0.1) is 0 Å². The summed E-state index contributed by atoms with van der Waals surface area (Å²) >= 11 is 0. The van der Waals surface area contributed by atoms with E-state index in [-0.39, 0.29) is 0 Å². The highest BCUT2D eigenvalue weighted by Gasteiger charge is 1.97. The molecule has 0 aliphatic carbocycles. The highest BCUT2D eigenvalue weighted by Crippen LogP contribution is 2.20. The Morgan fingerprint density at radius 2 is 1.73 bits per heavy atom. The Bertz CT molecular complexity index is 446. The van der Waals surface area contributed by atoms with Gasteiger partial charge in [0.25, 0.3) is 0 Å². The summed E-state index contributed by atoms with van der Waals surface area (Å²) in [6.45, 7) is 4.22. The minimum absolute atomic E-state index is 1.10. The van der Waals surface area contributed by atoms with Crippen LogP contribution in [-0.4, -0.2) is 0 Å². The van der Waals surface area contributed by atoms with E-state index < -0.39 is 0 Å². The first-order valence-corrected chi connectivity index (χ1v) is 5.06. The molecule has 0 saturated heterocycles. The van der Waals surface area contributed by atoms with Crippen molar-refractivity contribution >= 4 is 11.4 Å². The minimum Gasteiger partial charge on any atom is -0.355 e. The summed E-state index contributed by atoms with van der Waals surface area (Å²) in [6, 6.07) is 17.3. The number of hydrogen-bond donors (Lipinski definition) is 1. The van der Waals surface area contributed by atoms with Gasteiger partial charge in [0, 0.05) is 11.4 Å². The van der Waals surface area contributed by atoms with E-state index in [1.807, 2.05) is 24.3 Å². The lowest BCUT2D eigenvalue weighted by Gasteiger charge is -2.09. The zero-order valence-electron chi connectivity index (χ0n) is 9.04. The van der Waals surface area contributed by atoms with Crippen molar-refractivity contribution in [1.82, 2.24) is 0 Å². The maximum absolute atomic E-state index is 3.38. The Hall–Kier alpha value is -1.76. The second kappa shape index (κ2) is 4.18. The summed E-state index contributed by atoms with van der Waals surface area (Å²) < 4.78 is 0. The van der Waals surface area contributed by atoms with Crippen molar-refractivity contribution in [2.45, 2.75) is 13.8 Å². The van der Waals surface area contributed by atoms with E-state index in [1.165, 1.54) is 11.1 Å². The first kappa shape index (κ1) is 9.78. The highest BCUT2D eigenvalue weighted by molar-refractivity contribution is 5.63. The molecule has 0 saturated carbocycles. The number of aryl methyl sites for hydroxylation is 2. The predicted octanol–water partition coefficient (Wildman–Crippen LogP) is 3.85. The summed E-state index contributed by atoms with van der Waals surface area (Å²) in [5.41, 5.74) is 4.81. The third-order valence-electron chi connectivity index (χ3n) is 2.38.